The Morgan fingerprint density at radius 3 is 2.57 bits per heavy atom. The highest BCUT2D eigenvalue weighted by Crippen LogP contribution is 2.29. The first-order valence-corrected chi connectivity index (χ1v) is 6.80. The molecule has 5 nitrogen and oxygen atoms in total. The van der Waals surface area contributed by atoms with Crippen molar-refractivity contribution in [3.05, 3.63) is 58.4 Å². The second-order valence-corrected chi connectivity index (χ2v) is 4.86. The molecule has 1 aromatic heterocycles. The average Bonchev–Trinajstić information content (AvgIpc) is 2.95. The van der Waals surface area contributed by atoms with Gasteiger partial charge in [0.15, 0.2) is 11.6 Å². The maximum absolute atomic E-state index is 12.4. The topological polar surface area (TPSA) is 72.2 Å². The van der Waals surface area contributed by atoms with Crippen LogP contribution in [0.15, 0.2) is 45.5 Å². The third-order valence-electron chi connectivity index (χ3n) is 3.08. The van der Waals surface area contributed by atoms with E-state index in [4.69, 9.17) is 16.0 Å². The summed E-state index contributed by atoms with van der Waals surface area (Å²) >= 11 is 6.02. The maximum Gasteiger partial charge on any atom is 0.248 e. The van der Waals surface area contributed by atoms with E-state index in [0.717, 1.165) is 0 Å². The van der Waals surface area contributed by atoms with Crippen LogP contribution in [-0.2, 0) is 6.42 Å². The number of halogens is 1. The minimum absolute atomic E-state index is 0.0131. The predicted octanol–water partition coefficient (Wildman–Crippen LogP) is 3.18. The molecule has 0 saturated carbocycles. The Bertz CT molecular complexity index is 762. The molecule has 3 rings (SSSR count). The van der Waals surface area contributed by atoms with Crippen molar-refractivity contribution in [2.24, 2.45) is 0 Å². The molecule has 0 amide bonds. The van der Waals surface area contributed by atoms with Crippen molar-refractivity contribution in [3.8, 4) is 0 Å². The van der Waals surface area contributed by atoms with Gasteiger partial charge in [0.2, 0.25) is 17.3 Å². The van der Waals surface area contributed by atoms with Crippen molar-refractivity contribution in [2.75, 3.05) is 5.32 Å². The summed E-state index contributed by atoms with van der Waals surface area (Å²) in [6, 6.07) is 8.99. The van der Waals surface area contributed by atoms with Crippen LogP contribution in [-0.4, -0.2) is 16.6 Å². The molecule has 6 heteroatoms. The minimum atomic E-state index is -0.506. The Morgan fingerprint density at radius 1 is 1.19 bits per heavy atom. The highest BCUT2D eigenvalue weighted by molar-refractivity contribution is 6.49. The van der Waals surface area contributed by atoms with Gasteiger partial charge in [-0.2, -0.15) is 0 Å². The number of para-hydroxylation sites is 1. The molecule has 21 heavy (non-hydrogen) atoms. The second-order valence-electron chi connectivity index (χ2n) is 4.48. The van der Waals surface area contributed by atoms with Gasteiger partial charge in [-0.1, -0.05) is 36.7 Å². The number of oxazole rings is 1. The Hall–Kier alpha value is -2.40. The van der Waals surface area contributed by atoms with Gasteiger partial charge in [0.25, 0.3) is 0 Å². The van der Waals surface area contributed by atoms with Crippen LogP contribution in [0.25, 0.3) is 0 Å². The van der Waals surface area contributed by atoms with Gasteiger partial charge < -0.3 is 9.73 Å². The van der Waals surface area contributed by atoms with Gasteiger partial charge in [0, 0.05) is 12.1 Å². The van der Waals surface area contributed by atoms with Crippen LogP contribution in [0.1, 0.15) is 33.9 Å². The summed E-state index contributed by atoms with van der Waals surface area (Å²) in [6.07, 6.45) is 0.493. The van der Waals surface area contributed by atoms with Crippen molar-refractivity contribution in [1.29, 1.82) is 0 Å². The molecule has 0 unspecified atom stereocenters. The first-order chi connectivity index (χ1) is 10.1. The number of nitrogens with one attached hydrogen (secondary N) is 1. The molecular weight excluding hydrogens is 292 g/mol. The number of carbonyl (C=O) groups is 2. The number of aryl methyl sites for hydroxylation is 1. The quantitative estimate of drug-likeness (QED) is 0.942. The lowest BCUT2D eigenvalue weighted by atomic mass is 10.0. The molecule has 1 aromatic carbocycles. The smallest absolute Gasteiger partial charge is 0.248 e. The standard InChI is InChI=1S/C15H11ClN2O3/c1-2-9-18-12-13(19)10(16)11(14(20)15(12)21-9)17-8-6-4-3-5-7-8/h3-7,17H,2H2,1H3. The average molecular weight is 303 g/mol. The molecule has 0 atom stereocenters. The molecule has 0 fully saturated rings. The molecule has 106 valence electrons. The number of fused-ring (bicyclic) bond motifs is 1. The van der Waals surface area contributed by atoms with E-state index in [1.807, 2.05) is 13.0 Å². The highest BCUT2D eigenvalue weighted by Gasteiger charge is 2.36. The summed E-state index contributed by atoms with van der Waals surface area (Å²) in [5.74, 6) is -0.689. The monoisotopic (exact) mass is 302 g/mol. The van der Waals surface area contributed by atoms with Crippen LogP contribution in [0, 0.1) is 0 Å². The number of Topliss-reactive ketones (excluding diaryl/α,β-unsaturated/α-hetero) is 2. The third-order valence-corrected chi connectivity index (χ3v) is 3.44. The zero-order valence-corrected chi connectivity index (χ0v) is 11.9. The van der Waals surface area contributed by atoms with Gasteiger partial charge in [-0.25, -0.2) is 4.98 Å². The Kier molecular flexibility index (Phi) is 3.35. The van der Waals surface area contributed by atoms with Crippen molar-refractivity contribution in [1.82, 2.24) is 4.98 Å². The molecule has 1 N–H and O–H groups in total. The van der Waals surface area contributed by atoms with E-state index in [1.165, 1.54) is 0 Å². The van der Waals surface area contributed by atoms with Gasteiger partial charge in [0.05, 0.1) is 0 Å². The van der Waals surface area contributed by atoms with Crippen LogP contribution in [0.3, 0.4) is 0 Å². The zero-order chi connectivity index (χ0) is 15.0. The lowest BCUT2D eigenvalue weighted by Crippen LogP contribution is -2.23. The van der Waals surface area contributed by atoms with E-state index in [0.29, 0.717) is 18.0 Å². The number of allylic oxidation sites excluding steroid dienone is 2. The summed E-state index contributed by atoms with van der Waals surface area (Å²) in [7, 11) is 0. The molecular formula is C15H11ClN2O3. The minimum Gasteiger partial charge on any atom is -0.436 e. The number of anilines is 1. The predicted molar refractivity (Wildman–Crippen MR) is 77.5 cm³/mol. The second kappa shape index (κ2) is 5.18. The fraction of sp³-hybridized carbons (Fsp3) is 0.133. The van der Waals surface area contributed by atoms with E-state index in [-0.39, 0.29) is 22.2 Å². The molecule has 0 bridgehead atoms. The van der Waals surface area contributed by atoms with Crippen molar-refractivity contribution in [2.45, 2.75) is 13.3 Å². The van der Waals surface area contributed by atoms with Gasteiger partial charge in [-0.05, 0) is 12.1 Å². The van der Waals surface area contributed by atoms with Crippen LogP contribution in [0.5, 0.6) is 0 Å². The van der Waals surface area contributed by atoms with Gasteiger partial charge in [0.1, 0.15) is 10.7 Å². The number of carbonyl (C=O) groups excluding carboxylic acids is 2. The molecule has 0 aliphatic heterocycles. The summed E-state index contributed by atoms with van der Waals surface area (Å²) in [4.78, 5) is 28.6. The van der Waals surface area contributed by atoms with E-state index >= 15 is 0 Å². The lowest BCUT2D eigenvalue weighted by Gasteiger charge is -2.14. The van der Waals surface area contributed by atoms with Crippen molar-refractivity contribution in [3.63, 3.8) is 0 Å². The number of benzene rings is 1. The number of aromatic nitrogens is 1. The molecule has 0 saturated heterocycles. The van der Waals surface area contributed by atoms with Crippen LogP contribution < -0.4 is 5.32 Å². The van der Waals surface area contributed by atoms with Gasteiger partial charge >= 0.3 is 0 Å². The summed E-state index contributed by atoms with van der Waals surface area (Å²) in [6.45, 7) is 1.82. The summed E-state index contributed by atoms with van der Waals surface area (Å²) < 4.78 is 5.34. The number of ketones is 2. The number of rotatable bonds is 3. The van der Waals surface area contributed by atoms with Crippen molar-refractivity contribution < 1.29 is 14.0 Å². The SMILES string of the molecule is CCc1nc2c(o1)C(=O)C(Nc1ccccc1)=C(Cl)C2=O. The zero-order valence-electron chi connectivity index (χ0n) is 11.1. The molecule has 2 aromatic rings. The normalized spacial score (nSPS) is 14.4. The summed E-state index contributed by atoms with van der Waals surface area (Å²) in [5, 5.41) is 2.69. The van der Waals surface area contributed by atoms with Crippen LogP contribution in [0.4, 0.5) is 5.69 Å². The van der Waals surface area contributed by atoms with E-state index in [2.05, 4.69) is 10.3 Å². The van der Waals surface area contributed by atoms with E-state index < -0.39 is 11.6 Å². The van der Waals surface area contributed by atoms with Gasteiger partial charge in [-0.15, -0.1) is 0 Å². The van der Waals surface area contributed by atoms with E-state index in [9.17, 15) is 9.59 Å². The number of hydrogen-bond acceptors (Lipinski definition) is 5. The van der Waals surface area contributed by atoms with E-state index in [1.54, 1.807) is 24.3 Å². The molecule has 1 aliphatic carbocycles. The van der Waals surface area contributed by atoms with Crippen molar-refractivity contribution >= 4 is 28.9 Å². The Labute approximate surface area is 125 Å². The first kappa shape index (κ1) is 13.6. The molecule has 0 radical (unpaired) electrons. The molecule has 1 heterocycles. The molecule has 1 aliphatic rings. The van der Waals surface area contributed by atoms with Gasteiger partial charge in [-0.3, -0.25) is 9.59 Å². The maximum atomic E-state index is 12.4. The largest absolute Gasteiger partial charge is 0.436 e. The fourth-order valence-electron chi connectivity index (χ4n) is 2.03. The number of hydrogen-bond donors (Lipinski definition) is 1. The molecule has 0 spiro atoms. The Morgan fingerprint density at radius 2 is 1.90 bits per heavy atom. The Balaban J connectivity index is 2.03. The first-order valence-electron chi connectivity index (χ1n) is 6.42. The van der Waals surface area contributed by atoms with Crippen LogP contribution >= 0.6 is 11.6 Å². The lowest BCUT2D eigenvalue weighted by molar-refractivity contribution is 0.0960. The summed E-state index contributed by atoms with van der Waals surface area (Å²) in [5.41, 5.74) is 0.658. The van der Waals surface area contributed by atoms with Crippen LogP contribution in [0.2, 0.25) is 0 Å². The third kappa shape index (κ3) is 2.25. The highest BCUT2D eigenvalue weighted by atomic mass is 35.5. The fourth-order valence-corrected chi connectivity index (χ4v) is 2.25. The number of nitrogens with zero attached hydrogens (tertiary/aromatic N) is 1.